The number of carbonyl (C=O) groups excluding carboxylic acids is 2. The summed E-state index contributed by atoms with van der Waals surface area (Å²) >= 11 is 5.66. The van der Waals surface area contributed by atoms with Crippen LogP contribution in [0, 0.1) is 3.95 Å². The van der Waals surface area contributed by atoms with Crippen LogP contribution < -0.4 is 0 Å². The van der Waals surface area contributed by atoms with Crippen molar-refractivity contribution in [1.82, 2.24) is 18.7 Å². The van der Waals surface area contributed by atoms with Gasteiger partial charge in [0.15, 0.2) is 0 Å². The summed E-state index contributed by atoms with van der Waals surface area (Å²) in [5, 5.41) is 3.48. The Morgan fingerprint density at radius 1 is 1.33 bits per heavy atom. The van der Waals surface area contributed by atoms with Crippen LogP contribution in [0.4, 0.5) is 0 Å². The Labute approximate surface area is 127 Å². The highest BCUT2D eigenvalue weighted by atomic mass is 32.2. The Hall–Kier alpha value is -1.98. The van der Waals surface area contributed by atoms with Crippen LogP contribution in [0.5, 0.6) is 0 Å². The smallest absolute Gasteiger partial charge is 0.270 e. The van der Waals surface area contributed by atoms with Crippen molar-refractivity contribution < 1.29 is 18.0 Å². The quantitative estimate of drug-likeness (QED) is 0.735. The first-order valence-electron chi connectivity index (χ1n) is 5.54. The second-order valence-corrected chi connectivity index (χ2v) is 7.26. The highest BCUT2D eigenvalue weighted by Gasteiger charge is 2.42. The average Bonchev–Trinajstić information content (AvgIpc) is 2.96. The molecule has 1 aliphatic heterocycles. The van der Waals surface area contributed by atoms with Crippen molar-refractivity contribution in [3.63, 3.8) is 0 Å². The molecule has 0 atom stereocenters. The molecule has 0 fully saturated rings. The maximum absolute atomic E-state index is 12.3. The average molecular weight is 342 g/mol. The van der Waals surface area contributed by atoms with Crippen LogP contribution in [0.25, 0.3) is 0 Å². The molecule has 0 N–H and O–H groups in total. The summed E-state index contributed by atoms with van der Waals surface area (Å²) in [6.07, 6.45) is 0. The van der Waals surface area contributed by atoms with Gasteiger partial charge in [0, 0.05) is 11.5 Å². The van der Waals surface area contributed by atoms with Crippen molar-refractivity contribution in [2.75, 3.05) is 6.54 Å². The van der Waals surface area contributed by atoms with Crippen molar-refractivity contribution in [2.24, 2.45) is 0 Å². The minimum Gasteiger partial charge on any atom is -0.270 e. The molecular weight excluding hydrogens is 336 g/mol. The molecule has 1 aromatic heterocycles. The van der Waals surface area contributed by atoms with Crippen LogP contribution in [0.1, 0.15) is 15.2 Å². The second-order valence-electron chi connectivity index (χ2n) is 4.05. The lowest BCUT2D eigenvalue weighted by atomic mass is 10.2. The second kappa shape index (κ2) is 4.79. The van der Waals surface area contributed by atoms with E-state index >= 15 is 0 Å². The zero-order valence-corrected chi connectivity index (χ0v) is 12.6. The zero-order chi connectivity index (χ0) is 15.2. The lowest BCUT2D eigenvalue weighted by Gasteiger charge is -2.13. The highest BCUT2D eigenvalue weighted by Crippen LogP contribution is 2.29. The Morgan fingerprint density at radius 2 is 2.05 bits per heavy atom. The fraction of sp³-hybridized carbons (Fsp3) is 0.100. The molecule has 2 heterocycles. The third kappa shape index (κ3) is 2.09. The van der Waals surface area contributed by atoms with Crippen molar-refractivity contribution in [3.8, 4) is 0 Å². The van der Waals surface area contributed by atoms with Crippen LogP contribution in [0.15, 0.2) is 29.2 Å². The molecule has 1 amide bonds. The van der Waals surface area contributed by atoms with Crippen LogP contribution in [0.3, 0.4) is 0 Å². The van der Waals surface area contributed by atoms with Crippen molar-refractivity contribution >= 4 is 45.6 Å². The molecule has 3 rings (SSSR count). The van der Waals surface area contributed by atoms with Gasteiger partial charge in [-0.25, -0.2) is 12.7 Å². The van der Waals surface area contributed by atoms with Gasteiger partial charge >= 0.3 is 0 Å². The number of fused-ring (bicyclic) bond motifs is 1. The number of benzene rings is 1. The molecule has 0 bridgehead atoms. The predicted molar refractivity (Wildman–Crippen MR) is 74.0 cm³/mol. The van der Waals surface area contributed by atoms with Crippen LogP contribution in [-0.2, 0) is 10.0 Å². The van der Waals surface area contributed by atoms with Gasteiger partial charge < -0.3 is 0 Å². The summed E-state index contributed by atoms with van der Waals surface area (Å²) in [6.45, 7) is -0.671. The first kappa shape index (κ1) is 14.0. The van der Waals surface area contributed by atoms with Gasteiger partial charge in [0.05, 0.1) is 5.56 Å². The Morgan fingerprint density at radius 3 is 2.67 bits per heavy atom. The molecule has 108 valence electrons. The van der Waals surface area contributed by atoms with Crippen molar-refractivity contribution in [1.29, 1.82) is 0 Å². The van der Waals surface area contributed by atoms with Gasteiger partial charge in [0.1, 0.15) is 11.4 Å². The largest absolute Gasteiger partial charge is 0.271 e. The number of carbonyl (C=O) groups is 2. The summed E-state index contributed by atoms with van der Waals surface area (Å²) in [7, 11) is -4.02. The number of sulfonamides is 1. The standard InChI is InChI=1S/C10H6N4O4S3/c15-8(14-10(19)20-12-11-14)5-13-9(16)6-3-1-2-4-7(6)21(13,17)18/h1-4H,5H2. The number of rotatable bonds is 2. The van der Waals surface area contributed by atoms with Crippen molar-refractivity contribution in [2.45, 2.75) is 4.90 Å². The summed E-state index contributed by atoms with van der Waals surface area (Å²) in [6, 6.07) is 5.78. The normalized spacial score (nSPS) is 16.0. The molecule has 8 nitrogen and oxygen atoms in total. The summed E-state index contributed by atoms with van der Waals surface area (Å²) in [4.78, 5) is 24.0. The molecule has 11 heteroatoms. The number of amides is 1. The Balaban J connectivity index is 1.99. The molecule has 0 unspecified atom stereocenters. The van der Waals surface area contributed by atoms with Gasteiger partial charge in [-0.15, -0.1) is 0 Å². The first-order valence-corrected chi connectivity index (χ1v) is 8.16. The lowest BCUT2D eigenvalue weighted by molar-refractivity contribution is 0.0776. The van der Waals surface area contributed by atoms with Crippen LogP contribution >= 0.6 is 23.8 Å². The van der Waals surface area contributed by atoms with Crippen LogP contribution in [-0.4, -0.2) is 45.5 Å². The fourth-order valence-electron chi connectivity index (χ4n) is 1.89. The SMILES string of the molecule is O=C1c2ccccc2S(=O)(=O)N1CC(=O)n1nnsc1=S. The lowest BCUT2D eigenvalue weighted by Crippen LogP contribution is -2.37. The molecule has 21 heavy (non-hydrogen) atoms. The molecule has 0 aliphatic carbocycles. The van der Waals surface area contributed by atoms with Gasteiger partial charge in [-0.3, -0.25) is 9.59 Å². The topological polar surface area (TPSA) is 102 Å². The predicted octanol–water partition coefficient (Wildman–Crippen LogP) is 0.554. The summed E-state index contributed by atoms with van der Waals surface area (Å²) in [5.41, 5.74) is 0.0466. The van der Waals surface area contributed by atoms with Gasteiger partial charge in [-0.2, -0.15) is 4.68 Å². The monoisotopic (exact) mass is 342 g/mol. The van der Waals surface area contributed by atoms with Gasteiger partial charge in [0.2, 0.25) is 3.95 Å². The molecule has 0 saturated carbocycles. The first-order chi connectivity index (χ1) is 9.93. The van der Waals surface area contributed by atoms with E-state index in [2.05, 4.69) is 9.70 Å². The molecule has 0 saturated heterocycles. The van der Waals surface area contributed by atoms with E-state index in [1.165, 1.54) is 18.2 Å². The maximum atomic E-state index is 12.3. The van der Waals surface area contributed by atoms with E-state index in [-0.39, 0.29) is 14.4 Å². The van der Waals surface area contributed by atoms with Gasteiger partial charge in [-0.05, 0) is 29.6 Å². The van der Waals surface area contributed by atoms with E-state index < -0.39 is 28.4 Å². The van der Waals surface area contributed by atoms with Crippen LogP contribution in [0.2, 0.25) is 0 Å². The molecule has 1 aliphatic rings. The molecule has 0 spiro atoms. The number of hydrogen-bond acceptors (Lipinski definition) is 8. The zero-order valence-electron chi connectivity index (χ0n) is 10.2. The molecule has 1 aromatic carbocycles. The summed E-state index contributed by atoms with van der Waals surface area (Å²) in [5.74, 6) is -1.48. The van der Waals surface area contributed by atoms with E-state index in [4.69, 9.17) is 12.2 Å². The minimum absolute atomic E-state index is 0.0466. The maximum Gasteiger partial charge on any atom is 0.271 e. The molecular formula is C10H6N4O4S3. The summed E-state index contributed by atoms with van der Waals surface area (Å²) < 4.78 is 29.4. The third-order valence-electron chi connectivity index (χ3n) is 2.84. The van der Waals surface area contributed by atoms with Gasteiger partial charge in [-0.1, -0.05) is 16.6 Å². The Kier molecular flexibility index (Phi) is 3.19. The Bertz CT molecular complexity index is 914. The van der Waals surface area contributed by atoms with E-state index in [1.807, 2.05) is 0 Å². The van der Waals surface area contributed by atoms with Crippen molar-refractivity contribution in [3.05, 3.63) is 33.8 Å². The third-order valence-corrected chi connectivity index (χ3v) is 5.51. The fourth-order valence-corrected chi connectivity index (χ4v) is 4.05. The molecule has 2 aromatic rings. The number of hydrogen-bond donors (Lipinski definition) is 0. The van der Waals surface area contributed by atoms with E-state index in [0.29, 0.717) is 4.31 Å². The van der Waals surface area contributed by atoms with E-state index in [1.54, 1.807) is 6.07 Å². The van der Waals surface area contributed by atoms with Gasteiger partial charge in [0.25, 0.3) is 21.8 Å². The minimum atomic E-state index is -4.02. The molecule has 0 radical (unpaired) electrons. The number of aromatic nitrogens is 3. The number of nitrogens with zero attached hydrogens (tertiary/aromatic N) is 4. The highest BCUT2D eigenvalue weighted by molar-refractivity contribution is 7.90. The van der Waals surface area contributed by atoms with E-state index in [9.17, 15) is 18.0 Å². The van der Waals surface area contributed by atoms with E-state index in [0.717, 1.165) is 16.2 Å².